The van der Waals surface area contributed by atoms with Crippen molar-refractivity contribution in [2.24, 2.45) is 0 Å². The molecule has 9 nitrogen and oxygen atoms in total. The molecule has 0 N–H and O–H groups in total. The Kier molecular flexibility index (Phi) is 42.9. The van der Waals surface area contributed by atoms with Crippen molar-refractivity contribution in [2.45, 2.75) is 270 Å². The number of ether oxygens (including phenoxy) is 6. The van der Waals surface area contributed by atoms with Gasteiger partial charge in [0.1, 0.15) is 0 Å². The molecule has 0 spiro atoms. The van der Waals surface area contributed by atoms with E-state index in [-0.39, 0.29) is 0 Å². The van der Waals surface area contributed by atoms with Gasteiger partial charge in [-0.15, -0.1) is 0 Å². The van der Waals surface area contributed by atoms with Crippen LogP contribution in [0.5, 0.6) is 35.3 Å². The Hall–Kier alpha value is -4.53. The lowest BCUT2D eigenvalue weighted by Gasteiger charge is -2.08. The minimum atomic E-state index is 0.675. The Balaban J connectivity index is 1.02. The molecule has 0 unspecified atom stereocenters. The Bertz CT molecular complexity index is 1560. The fourth-order valence-corrected chi connectivity index (χ4v) is 9.87. The Morgan fingerprint density at radius 3 is 0.487 bits per heavy atom. The van der Waals surface area contributed by atoms with Crippen LogP contribution in [0.2, 0.25) is 0 Å². The molecular formula is C69H111N3O6. The fraction of sp³-hybridized carbons (Fsp3) is 0.696. The van der Waals surface area contributed by atoms with E-state index >= 15 is 0 Å². The molecule has 6 bridgehead atoms. The van der Waals surface area contributed by atoms with E-state index in [1.807, 2.05) is 54.6 Å². The maximum Gasteiger partial charge on any atom is 0.216 e. The first-order valence-electron chi connectivity index (χ1n) is 32.5. The molecule has 0 saturated heterocycles. The Labute approximate surface area is 477 Å². The first-order valence-corrected chi connectivity index (χ1v) is 32.5. The van der Waals surface area contributed by atoms with Crippen LogP contribution in [-0.2, 0) is 0 Å². The highest BCUT2D eigenvalue weighted by atomic mass is 16.5. The lowest BCUT2D eigenvalue weighted by atomic mass is 10.1. The van der Waals surface area contributed by atoms with Gasteiger partial charge in [0, 0.05) is 36.4 Å². The van der Waals surface area contributed by atoms with Crippen molar-refractivity contribution in [1.82, 2.24) is 15.0 Å². The van der Waals surface area contributed by atoms with Crippen LogP contribution >= 0.6 is 0 Å². The van der Waals surface area contributed by atoms with Crippen molar-refractivity contribution in [3.8, 4) is 35.3 Å². The summed E-state index contributed by atoms with van der Waals surface area (Å²) in [6.45, 7) is 4.30. The first-order chi connectivity index (χ1) is 38.8. The van der Waals surface area contributed by atoms with Crippen molar-refractivity contribution in [3.63, 3.8) is 0 Å². The lowest BCUT2D eigenvalue weighted by Crippen LogP contribution is -2.02. The average molecular weight is 1080 g/mol. The summed E-state index contributed by atoms with van der Waals surface area (Å²) in [7, 11) is 0. The molecule has 4 heterocycles. The summed E-state index contributed by atoms with van der Waals surface area (Å²) in [4.78, 5) is 13.7. The molecule has 0 radical (unpaired) electrons. The minimum Gasteiger partial charge on any atom is -0.478 e. The second kappa shape index (κ2) is 50.7. The van der Waals surface area contributed by atoms with Gasteiger partial charge in [0.15, 0.2) is 0 Å². The summed E-state index contributed by atoms with van der Waals surface area (Å²) >= 11 is 0. The predicted molar refractivity (Wildman–Crippen MR) is 327 cm³/mol. The van der Waals surface area contributed by atoms with Crippen LogP contribution in [0, 0.1) is 0 Å². The molecule has 0 atom stereocenters. The molecule has 78 heavy (non-hydrogen) atoms. The van der Waals surface area contributed by atoms with Gasteiger partial charge in [-0.05, 0) is 116 Å². The van der Waals surface area contributed by atoms with E-state index in [0.29, 0.717) is 35.3 Å². The number of aromatic nitrogens is 3. The molecule has 1 aliphatic rings. The van der Waals surface area contributed by atoms with Crippen molar-refractivity contribution < 1.29 is 28.4 Å². The van der Waals surface area contributed by atoms with Crippen LogP contribution in [0.1, 0.15) is 270 Å². The summed E-state index contributed by atoms with van der Waals surface area (Å²) in [5, 5.41) is 0. The van der Waals surface area contributed by atoms with E-state index in [0.717, 1.165) is 78.2 Å². The SMILES string of the molecule is C1=CCCCCCCCCOc2cccc(n2)OCCCCCCCCC=CCCCCCCCCOc2cccc(n2)OCCCCCCCCC=CCCCCCCCCOc2cccc(n2)OCCCCCCCC1. The van der Waals surface area contributed by atoms with Crippen molar-refractivity contribution in [1.29, 1.82) is 0 Å². The number of fused-ring (bicyclic) bond motifs is 6. The highest BCUT2D eigenvalue weighted by Gasteiger charge is 2.05. The van der Waals surface area contributed by atoms with Crippen LogP contribution in [0.3, 0.4) is 0 Å². The molecule has 9 heteroatoms. The van der Waals surface area contributed by atoms with Crippen molar-refractivity contribution in [3.05, 3.63) is 91.1 Å². The average Bonchev–Trinajstić information content (AvgIpc) is 3.46. The summed E-state index contributed by atoms with van der Waals surface area (Å²) in [5.41, 5.74) is 0. The fourth-order valence-electron chi connectivity index (χ4n) is 9.87. The number of allylic oxidation sites excluding steroid dienone is 6. The van der Waals surface area contributed by atoms with E-state index < -0.39 is 0 Å². The molecule has 438 valence electrons. The number of hydrogen-bond acceptors (Lipinski definition) is 9. The number of pyridine rings is 3. The van der Waals surface area contributed by atoms with Gasteiger partial charge in [-0.1, -0.05) is 209 Å². The number of hydrogen-bond donors (Lipinski definition) is 0. The molecule has 3 aromatic rings. The van der Waals surface area contributed by atoms with Gasteiger partial charge in [0.05, 0.1) is 39.6 Å². The molecule has 0 aliphatic carbocycles. The molecule has 3 aromatic heterocycles. The predicted octanol–water partition coefficient (Wildman–Crippen LogP) is 20.6. The molecule has 0 aromatic carbocycles. The van der Waals surface area contributed by atoms with Crippen LogP contribution in [0.25, 0.3) is 0 Å². The van der Waals surface area contributed by atoms with Gasteiger partial charge < -0.3 is 28.4 Å². The van der Waals surface area contributed by atoms with Gasteiger partial charge in [0.2, 0.25) is 35.3 Å². The van der Waals surface area contributed by atoms with E-state index in [1.54, 1.807) is 0 Å². The van der Waals surface area contributed by atoms with E-state index in [4.69, 9.17) is 28.4 Å². The second-order valence-corrected chi connectivity index (χ2v) is 21.9. The van der Waals surface area contributed by atoms with Crippen LogP contribution in [-0.4, -0.2) is 54.6 Å². The van der Waals surface area contributed by atoms with Gasteiger partial charge in [-0.3, -0.25) is 0 Å². The monoisotopic (exact) mass is 1080 g/mol. The van der Waals surface area contributed by atoms with Crippen molar-refractivity contribution in [2.75, 3.05) is 39.6 Å². The largest absolute Gasteiger partial charge is 0.478 e. The summed E-state index contributed by atoms with van der Waals surface area (Å²) < 4.78 is 35.8. The van der Waals surface area contributed by atoms with E-state index in [9.17, 15) is 0 Å². The summed E-state index contributed by atoms with van der Waals surface area (Å²) in [6.07, 6.45) is 66.5. The first kappa shape index (κ1) is 66.0. The number of rotatable bonds is 0. The molecule has 0 amide bonds. The van der Waals surface area contributed by atoms with Gasteiger partial charge >= 0.3 is 0 Å². The highest BCUT2D eigenvalue weighted by molar-refractivity contribution is 5.21. The van der Waals surface area contributed by atoms with Gasteiger partial charge in [-0.2, -0.15) is 15.0 Å². The smallest absolute Gasteiger partial charge is 0.216 e. The van der Waals surface area contributed by atoms with E-state index in [1.165, 1.54) is 231 Å². The Morgan fingerprint density at radius 2 is 0.321 bits per heavy atom. The van der Waals surface area contributed by atoms with Crippen LogP contribution in [0.4, 0.5) is 0 Å². The quantitative estimate of drug-likeness (QED) is 0.204. The van der Waals surface area contributed by atoms with Crippen LogP contribution < -0.4 is 28.4 Å². The standard InChI is InChI=1S/C69H111N3O6/c1-2-8-14-20-26-32-38-44-59-74-65-53-50-55-67(71-65)76-61-46-40-34-28-22-16-10-5-6-12-18-24-30-36-42-48-63-78-69-57-51-56-68(72-69)77-62-47-41-35-29-23-17-11-4-3-9-15-21-27-33-39-45-60-75-66-54-49-52-64(70-66)73-58-43-37-31-25-19-13-7-1/h1-6,49-57H,7-48,58-63H2. The summed E-state index contributed by atoms with van der Waals surface area (Å²) in [5.74, 6) is 4.05. The zero-order valence-electron chi connectivity index (χ0n) is 49.4. The highest BCUT2D eigenvalue weighted by Crippen LogP contribution is 2.20. The van der Waals surface area contributed by atoms with E-state index in [2.05, 4.69) is 51.4 Å². The maximum atomic E-state index is 5.97. The third-order valence-electron chi connectivity index (χ3n) is 14.7. The van der Waals surface area contributed by atoms with Crippen LogP contribution in [0.15, 0.2) is 91.1 Å². The zero-order valence-corrected chi connectivity index (χ0v) is 49.4. The third kappa shape index (κ3) is 39.8. The molecule has 0 saturated carbocycles. The maximum absolute atomic E-state index is 5.97. The van der Waals surface area contributed by atoms with Gasteiger partial charge in [-0.25, -0.2) is 0 Å². The molecule has 4 rings (SSSR count). The summed E-state index contributed by atoms with van der Waals surface area (Å²) in [6, 6.07) is 17.6. The zero-order chi connectivity index (χ0) is 54.4. The molecule has 1 aliphatic heterocycles. The topological polar surface area (TPSA) is 94.1 Å². The minimum absolute atomic E-state index is 0.675. The molecule has 0 fully saturated rings. The normalized spacial score (nSPS) is 19.8. The lowest BCUT2D eigenvalue weighted by molar-refractivity contribution is 0.269. The van der Waals surface area contributed by atoms with Crippen molar-refractivity contribution >= 4 is 0 Å². The second-order valence-electron chi connectivity index (χ2n) is 21.9. The van der Waals surface area contributed by atoms with Gasteiger partial charge in [0.25, 0.3) is 0 Å². The third-order valence-corrected chi connectivity index (χ3v) is 14.7. The number of nitrogens with zero attached hydrogens (tertiary/aromatic N) is 3. The molecular weight excluding hydrogens is 967 g/mol. The Morgan fingerprint density at radius 1 is 0.179 bits per heavy atom.